The van der Waals surface area contributed by atoms with Crippen molar-refractivity contribution in [1.82, 2.24) is 15.0 Å². The van der Waals surface area contributed by atoms with E-state index >= 15 is 0 Å². The van der Waals surface area contributed by atoms with Crippen molar-refractivity contribution in [2.45, 2.75) is 23.4 Å². The van der Waals surface area contributed by atoms with E-state index in [-0.39, 0.29) is 11.3 Å². The van der Waals surface area contributed by atoms with E-state index in [0.29, 0.717) is 0 Å². The fourth-order valence-corrected chi connectivity index (χ4v) is 2.44. The molecule has 0 spiro atoms. The van der Waals surface area contributed by atoms with Crippen molar-refractivity contribution >= 4 is 11.8 Å². The molecule has 0 fully saturated rings. The van der Waals surface area contributed by atoms with E-state index in [1.807, 2.05) is 25.3 Å². The first-order chi connectivity index (χ1) is 8.27. The van der Waals surface area contributed by atoms with Crippen LogP contribution in [0.4, 0.5) is 0 Å². The first-order valence-electron chi connectivity index (χ1n) is 5.36. The van der Waals surface area contributed by atoms with E-state index in [2.05, 4.69) is 15.0 Å². The molecule has 0 aliphatic rings. The summed E-state index contributed by atoms with van der Waals surface area (Å²) in [5.74, 6) is 0. The Labute approximate surface area is 105 Å². The Morgan fingerprint density at radius 2 is 1.94 bits per heavy atom. The monoisotopic (exact) mass is 246 g/mol. The second kappa shape index (κ2) is 5.75. The highest BCUT2D eigenvalue weighted by atomic mass is 32.2. The maximum Gasteiger partial charge on any atom is 0.188 e. The molecular formula is C12H14N4S. The lowest BCUT2D eigenvalue weighted by atomic mass is 10.1. The van der Waals surface area contributed by atoms with Gasteiger partial charge in [0.15, 0.2) is 5.16 Å². The van der Waals surface area contributed by atoms with Crippen LogP contribution in [0.2, 0.25) is 0 Å². The van der Waals surface area contributed by atoms with Crippen LogP contribution in [-0.2, 0) is 0 Å². The largest absolute Gasteiger partial charge is 0.327 e. The minimum Gasteiger partial charge on any atom is -0.327 e. The predicted molar refractivity (Wildman–Crippen MR) is 68.5 cm³/mol. The molecule has 0 radical (unpaired) electrons. The minimum absolute atomic E-state index is 0.00741. The summed E-state index contributed by atoms with van der Waals surface area (Å²) in [6.07, 6.45) is 7.06. The summed E-state index contributed by atoms with van der Waals surface area (Å²) in [5, 5.41) is 0.852. The highest BCUT2D eigenvalue weighted by molar-refractivity contribution is 7.99. The predicted octanol–water partition coefficient (Wildman–Crippen LogP) is 2.05. The van der Waals surface area contributed by atoms with Crippen molar-refractivity contribution in [2.75, 3.05) is 0 Å². The number of hydrogen-bond acceptors (Lipinski definition) is 5. The van der Waals surface area contributed by atoms with Gasteiger partial charge in [-0.2, -0.15) is 0 Å². The van der Waals surface area contributed by atoms with Crippen molar-refractivity contribution in [3.05, 3.63) is 48.5 Å². The third kappa shape index (κ3) is 3.25. The van der Waals surface area contributed by atoms with Gasteiger partial charge in [-0.15, -0.1) is 0 Å². The van der Waals surface area contributed by atoms with Crippen LogP contribution in [-0.4, -0.2) is 21.0 Å². The zero-order valence-electron chi connectivity index (χ0n) is 9.52. The Bertz CT molecular complexity index is 447. The number of aromatic nitrogens is 3. The van der Waals surface area contributed by atoms with Crippen LogP contribution in [0.15, 0.2) is 48.1 Å². The Morgan fingerprint density at radius 1 is 1.18 bits per heavy atom. The zero-order chi connectivity index (χ0) is 12.1. The Morgan fingerprint density at radius 3 is 2.53 bits per heavy atom. The number of pyridine rings is 1. The van der Waals surface area contributed by atoms with E-state index in [9.17, 15) is 0 Å². The van der Waals surface area contributed by atoms with Gasteiger partial charge in [0.1, 0.15) is 0 Å². The lowest BCUT2D eigenvalue weighted by Crippen LogP contribution is -2.22. The van der Waals surface area contributed by atoms with Crippen molar-refractivity contribution in [2.24, 2.45) is 5.73 Å². The summed E-state index contributed by atoms with van der Waals surface area (Å²) in [4.78, 5) is 12.5. The Kier molecular flexibility index (Phi) is 4.06. The Hall–Kier alpha value is -1.46. The molecule has 0 saturated carbocycles. The maximum atomic E-state index is 6.01. The molecular weight excluding hydrogens is 232 g/mol. The minimum atomic E-state index is 0.00741. The third-order valence-corrected chi connectivity index (χ3v) is 3.64. The van der Waals surface area contributed by atoms with Crippen LogP contribution in [0.5, 0.6) is 0 Å². The van der Waals surface area contributed by atoms with Crippen LogP contribution in [0, 0.1) is 0 Å². The second-order valence-electron chi connectivity index (χ2n) is 3.72. The van der Waals surface area contributed by atoms with Crippen LogP contribution in [0.25, 0.3) is 0 Å². The van der Waals surface area contributed by atoms with Gasteiger partial charge in [0.2, 0.25) is 0 Å². The van der Waals surface area contributed by atoms with Gasteiger partial charge >= 0.3 is 0 Å². The number of thioether (sulfide) groups is 1. The molecule has 2 rings (SSSR count). The molecule has 17 heavy (non-hydrogen) atoms. The molecule has 0 amide bonds. The topological polar surface area (TPSA) is 64.7 Å². The van der Waals surface area contributed by atoms with Gasteiger partial charge in [-0.3, -0.25) is 4.98 Å². The Balaban J connectivity index is 2.20. The number of rotatable bonds is 4. The number of nitrogens with zero attached hydrogens (tertiary/aromatic N) is 3. The molecule has 2 unspecified atom stereocenters. The first kappa shape index (κ1) is 12.0. The summed E-state index contributed by atoms with van der Waals surface area (Å²) in [6, 6.07) is 5.75. The van der Waals surface area contributed by atoms with Crippen molar-refractivity contribution in [3.63, 3.8) is 0 Å². The van der Waals surface area contributed by atoms with Crippen LogP contribution < -0.4 is 5.73 Å². The summed E-state index contributed by atoms with van der Waals surface area (Å²) in [7, 11) is 0. The van der Waals surface area contributed by atoms with E-state index in [4.69, 9.17) is 5.73 Å². The average Bonchev–Trinajstić information content (AvgIpc) is 2.38. The number of hydrogen-bond donors (Lipinski definition) is 1. The van der Waals surface area contributed by atoms with E-state index < -0.39 is 0 Å². The molecule has 88 valence electrons. The summed E-state index contributed by atoms with van der Waals surface area (Å²) in [5.41, 5.74) is 7.11. The molecule has 2 N–H and O–H groups in total. The number of nitrogens with two attached hydrogens (primary N) is 1. The van der Waals surface area contributed by atoms with E-state index in [1.165, 1.54) is 0 Å². The lowest BCUT2D eigenvalue weighted by Gasteiger charge is -2.19. The molecule has 2 aromatic rings. The van der Waals surface area contributed by atoms with Gasteiger partial charge in [0.25, 0.3) is 0 Å². The van der Waals surface area contributed by atoms with Crippen LogP contribution >= 0.6 is 11.8 Å². The molecule has 0 bridgehead atoms. The molecule has 0 aliphatic heterocycles. The van der Waals surface area contributed by atoms with Crippen molar-refractivity contribution in [1.29, 1.82) is 0 Å². The first-order valence-corrected chi connectivity index (χ1v) is 6.24. The maximum absolute atomic E-state index is 6.01. The van der Waals surface area contributed by atoms with E-state index in [0.717, 1.165) is 10.7 Å². The van der Waals surface area contributed by atoms with Crippen LogP contribution in [0.1, 0.15) is 17.7 Å². The fourth-order valence-electron chi connectivity index (χ4n) is 1.48. The molecule has 4 nitrogen and oxygen atoms in total. The standard InChI is InChI=1S/C12H14N4S/c1-9(13)11(10-4-2-5-14-8-10)17-12-15-6-3-7-16-12/h2-9,11H,13H2,1H3. The SMILES string of the molecule is CC(N)C(Sc1ncccn1)c1cccnc1. The molecule has 0 aliphatic carbocycles. The van der Waals surface area contributed by atoms with Crippen molar-refractivity contribution < 1.29 is 0 Å². The van der Waals surface area contributed by atoms with Gasteiger partial charge in [-0.05, 0) is 24.6 Å². The lowest BCUT2D eigenvalue weighted by molar-refractivity contribution is 0.715. The third-order valence-electron chi connectivity index (χ3n) is 2.26. The quantitative estimate of drug-likeness (QED) is 0.660. The van der Waals surface area contributed by atoms with Gasteiger partial charge < -0.3 is 5.73 Å². The smallest absolute Gasteiger partial charge is 0.188 e. The zero-order valence-corrected chi connectivity index (χ0v) is 10.3. The average molecular weight is 246 g/mol. The molecule has 0 saturated heterocycles. The van der Waals surface area contributed by atoms with Gasteiger partial charge in [-0.25, -0.2) is 9.97 Å². The summed E-state index contributed by atoms with van der Waals surface area (Å²) >= 11 is 1.56. The van der Waals surface area contributed by atoms with Crippen molar-refractivity contribution in [3.8, 4) is 0 Å². The normalized spacial score (nSPS) is 14.2. The van der Waals surface area contributed by atoms with E-state index in [1.54, 1.807) is 36.4 Å². The van der Waals surface area contributed by atoms with Gasteiger partial charge in [-0.1, -0.05) is 17.8 Å². The highest BCUT2D eigenvalue weighted by Gasteiger charge is 2.18. The summed E-state index contributed by atoms with van der Waals surface area (Å²) < 4.78 is 0. The summed E-state index contributed by atoms with van der Waals surface area (Å²) in [6.45, 7) is 1.98. The second-order valence-corrected chi connectivity index (χ2v) is 4.82. The molecule has 2 atom stereocenters. The van der Waals surface area contributed by atoms with Gasteiger partial charge in [0.05, 0.1) is 5.25 Å². The van der Waals surface area contributed by atoms with Gasteiger partial charge in [0, 0.05) is 30.8 Å². The van der Waals surface area contributed by atoms with Crippen LogP contribution in [0.3, 0.4) is 0 Å². The molecule has 5 heteroatoms. The molecule has 2 aromatic heterocycles. The molecule has 2 heterocycles. The highest BCUT2D eigenvalue weighted by Crippen LogP contribution is 2.34. The fraction of sp³-hybridized carbons (Fsp3) is 0.250. The molecule has 0 aromatic carbocycles.